The third kappa shape index (κ3) is 5.22. The molecule has 14 heavy (non-hydrogen) atoms. The molecule has 0 aliphatic rings. The normalized spacial score (nSPS) is 14.6. The zero-order chi connectivity index (χ0) is 11.1. The second-order valence-corrected chi connectivity index (χ2v) is 22.3. The van der Waals surface area contributed by atoms with Gasteiger partial charge in [-0.2, -0.15) is 0 Å². The molecular formula is C8H29NSi5. The molecule has 0 radical (unpaired) electrons. The molecule has 0 aromatic carbocycles. The van der Waals surface area contributed by atoms with Crippen molar-refractivity contribution < 1.29 is 0 Å². The molecule has 0 aliphatic carbocycles. The van der Waals surface area contributed by atoms with E-state index >= 15 is 0 Å². The van der Waals surface area contributed by atoms with Crippen LogP contribution < -0.4 is 0 Å². The van der Waals surface area contributed by atoms with Gasteiger partial charge in [0.1, 0.15) is 8.96 Å². The minimum atomic E-state index is -0.529. The molecule has 0 rings (SSSR count). The van der Waals surface area contributed by atoms with Crippen molar-refractivity contribution in [3.63, 3.8) is 0 Å². The quantitative estimate of drug-likeness (QED) is 0.512. The second kappa shape index (κ2) is 8.23. The van der Waals surface area contributed by atoms with E-state index in [1.165, 1.54) is 20.5 Å². The van der Waals surface area contributed by atoms with Crippen LogP contribution in [0.15, 0.2) is 0 Å². The summed E-state index contributed by atoms with van der Waals surface area (Å²) in [6.45, 7) is 9.92. The molecule has 0 aliphatic heterocycles. The van der Waals surface area contributed by atoms with Gasteiger partial charge in [-0.25, -0.2) is 0 Å². The highest BCUT2D eigenvalue weighted by Crippen LogP contribution is 2.22. The van der Waals surface area contributed by atoms with Crippen molar-refractivity contribution in [2.45, 2.75) is 50.1 Å². The number of nitrogens with zero attached hydrogens (tertiary/aromatic N) is 1. The van der Waals surface area contributed by atoms with Gasteiger partial charge in [-0.3, -0.25) is 0 Å². The maximum Gasteiger partial charge on any atom is 0.102 e. The number of rotatable bonds is 7. The predicted molar refractivity (Wildman–Crippen MR) is 85.8 cm³/mol. The van der Waals surface area contributed by atoms with E-state index in [0.717, 1.165) is 11.1 Å². The van der Waals surface area contributed by atoms with Gasteiger partial charge in [0.2, 0.25) is 0 Å². The summed E-state index contributed by atoms with van der Waals surface area (Å²) < 4.78 is 3.16. The Morgan fingerprint density at radius 3 is 1.57 bits per heavy atom. The second-order valence-electron chi connectivity index (χ2n) is 5.01. The zero-order valence-electron chi connectivity index (χ0n) is 11.0. The van der Waals surface area contributed by atoms with E-state index in [4.69, 9.17) is 0 Å². The summed E-state index contributed by atoms with van der Waals surface area (Å²) in [4.78, 5) is 0. The molecule has 0 fully saturated rings. The van der Waals surface area contributed by atoms with Gasteiger partial charge in [-0.05, 0) is 11.1 Å². The largest absolute Gasteiger partial charge is 0.380 e. The lowest BCUT2D eigenvalue weighted by Gasteiger charge is -2.36. The first kappa shape index (κ1) is 15.0. The van der Waals surface area contributed by atoms with Crippen molar-refractivity contribution in [3.8, 4) is 0 Å². The Balaban J connectivity index is 4.37. The standard InChI is InChI=1S/C8H29NSi5/c1-7(2)14(8(3)4)9(12-5-10)13-6-11/h7-8,14H,5-6,12-13H2,1-4,10-11H3. The highest BCUT2D eigenvalue weighted by Gasteiger charge is 2.25. The molecule has 86 valence electrons. The molecule has 0 atom stereocenters. The molecule has 1 nitrogen and oxygen atoms in total. The molecular weight excluding hydrogens is 251 g/mol. The van der Waals surface area contributed by atoms with Crippen LogP contribution in [-0.4, -0.2) is 52.7 Å². The summed E-state index contributed by atoms with van der Waals surface area (Å²) in [5, 5.41) is 0. The molecule has 0 bridgehead atoms. The third-order valence-electron chi connectivity index (χ3n) is 2.81. The number of hydrogen-bond donors (Lipinski definition) is 0. The van der Waals surface area contributed by atoms with Crippen molar-refractivity contribution in [2.75, 3.05) is 0 Å². The number of hydrogen-bond acceptors (Lipinski definition) is 1. The average molecular weight is 280 g/mol. The Morgan fingerprint density at radius 1 is 1.00 bits per heavy atom. The SMILES string of the molecule is CC(C)[SiH](C(C)C)N([SiH2]C[SiH3])[SiH2]C[SiH3]. The Labute approximate surface area is 103 Å². The Morgan fingerprint density at radius 2 is 1.36 bits per heavy atom. The molecule has 0 amide bonds. The first-order valence-corrected chi connectivity index (χ1v) is 14.2. The van der Waals surface area contributed by atoms with Crippen LogP contribution in [-0.2, 0) is 0 Å². The van der Waals surface area contributed by atoms with E-state index in [-0.39, 0.29) is 19.4 Å². The summed E-state index contributed by atoms with van der Waals surface area (Å²) in [6.07, 6.45) is 0. The molecule has 0 saturated heterocycles. The minimum absolute atomic E-state index is 0.232. The highest BCUT2D eigenvalue weighted by atomic mass is 28.4. The summed E-state index contributed by atoms with van der Waals surface area (Å²) in [6, 6.07) is 0. The Bertz CT molecular complexity index is 128. The lowest BCUT2D eigenvalue weighted by Crippen LogP contribution is -2.48. The molecule has 0 aromatic heterocycles. The molecule has 0 aromatic rings. The van der Waals surface area contributed by atoms with Crippen LogP contribution in [0, 0.1) is 0 Å². The predicted octanol–water partition coefficient (Wildman–Crippen LogP) is -1.52. The van der Waals surface area contributed by atoms with Crippen LogP contribution in [0.2, 0.25) is 22.4 Å². The Hall–Kier alpha value is 1.04. The van der Waals surface area contributed by atoms with E-state index in [2.05, 4.69) is 31.6 Å². The van der Waals surface area contributed by atoms with E-state index in [0.29, 0.717) is 0 Å². The fourth-order valence-corrected chi connectivity index (χ4v) is 29.1. The summed E-state index contributed by atoms with van der Waals surface area (Å²) >= 11 is 0. The van der Waals surface area contributed by atoms with Crippen LogP contribution in [0.3, 0.4) is 0 Å². The Kier molecular flexibility index (Phi) is 8.84. The van der Waals surface area contributed by atoms with Gasteiger partial charge in [0.05, 0.1) is 19.4 Å². The minimum Gasteiger partial charge on any atom is -0.380 e. The first-order chi connectivity index (χ1) is 6.54. The van der Waals surface area contributed by atoms with Crippen molar-refractivity contribution in [1.82, 2.24) is 3.90 Å². The van der Waals surface area contributed by atoms with Crippen LogP contribution in [0.1, 0.15) is 27.7 Å². The maximum atomic E-state index is 3.16. The van der Waals surface area contributed by atoms with Crippen molar-refractivity contribution in [2.24, 2.45) is 0 Å². The van der Waals surface area contributed by atoms with E-state index in [1.54, 1.807) is 11.3 Å². The highest BCUT2D eigenvalue weighted by molar-refractivity contribution is 6.79. The topological polar surface area (TPSA) is 3.24 Å². The van der Waals surface area contributed by atoms with E-state index in [9.17, 15) is 0 Å². The average Bonchev–Trinajstić information content (AvgIpc) is 2.03. The van der Waals surface area contributed by atoms with Gasteiger partial charge in [0.25, 0.3) is 0 Å². The fourth-order valence-electron chi connectivity index (χ4n) is 2.60. The van der Waals surface area contributed by atoms with Crippen molar-refractivity contribution in [1.29, 1.82) is 0 Å². The van der Waals surface area contributed by atoms with Crippen molar-refractivity contribution in [3.05, 3.63) is 0 Å². The van der Waals surface area contributed by atoms with E-state index in [1.807, 2.05) is 0 Å². The zero-order valence-corrected chi connectivity index (χ0v) is 19.0. The summed E-state index contributed by atoms with van der Waals surface area (Å²) in [7, 11) is 2.85. The molecule has 6 heteroatoms. The van der Waals surface area contributed by atoms with E-state index < -0.39 is 8.96 Å². The lowest BCUT2D eigenvalue weighted by atomic mass is 10.5. The lowest BCUT2D eigenvalue weighted by molar-refractivity contribution is 0.839. The van der Waals surface area contributed by atoms with Gasteiger partial charge in [0.15, 0.2) is 0 Å². The van der Waals surface area contributed by atoms with Gasteiger partial charge in [-0.15, -0.1) is 0 Å². The summed E-state index contributed by atoms with van der Waals surface area (Å²) in [5.41, 5.74) is 5.29. The molecule has 0 heterocycles. The van der Waals surface area contributed by atoms with Crippen LogP contribution in [0.25, 0.3) is 0 Å². The summed E-state index contributed by atoms with van der Waals surface area (Å²) in [5.74, 6) is 0. The molecule has 0 unspecified atom stereocenters. The first-order valence-electron chi connectivity index (χ1n) is 6.28. The third-order valence-corrected chi connectivity index (χ3v) is 17.1. The molecule has 0 spiro atoms. The van der Waals surface area contributed by atoms with Crippen molar-refractivity contribution >= 4 is 48.8 Å². The molecule has 0 N–H and O–H groups in total. The van der Waals surface area contributed by atoms with Gasteiger partial charge in [-0.1, -0.05) is 39.0 Å². The van der Waals surface area contributed by atoms with Crippen LogP contribution in [0.4, 0.5) is 0 Å². The van der Waals surface area contributed by atoms with Gasteiger partial charge in [0, 0.05) is 20.5 Å². The fraction of sp³-hybridized carbons (Fsp3) is 1.00. The van der Waals surface area contributed by atoms with Gasteiger partial charge >= 0.3 is 0 Å². The smallest absolute Gasteiger partial charge is 0.102 e. The van der Waals surface area contributed by atoms with Gasteiger partial charge < -0.3 is 3.90 Å². The monoisotopic (exact) mass is 279 g/mol. The molecule has 0 saturated carbocycles. The van der Waals surface area contributed by atoms with Crippen LogP contribution >= 0.6 is 0 Å². The maximum absolute atomic E-state index is 3.16. The van der Waals surface area contributed by atoms with Crippen LogP contribution in [0.5, 0.6) is 0 Å².